The van der Waals surface area contributed by atoms with Crippen molar-refractivity contribution in [3.8, 4) is 5.75 Å². The number of halogens is 1. The van der Waals surface area contributed by atoms with E-state index in [0.29, 0.717) is 28.3 Å². The Kier molecular flexibility index (Phi) is 4.34. The second kappa shape index (κ2) is 6.42. The molecule has 1 aliphatic rings. The molecule has 0 spiro atoms. The third kappa shape index (κ3) is 3.71. The normalized spacial score (nSPS) is 13.5. The van der Waals surface area contributed by atoms with Crippen LogP contribution in [0.3, 0.4) is 0 Å². The highest BCUT2D eigenvalue weighted by atomic mass is 35.5. The summed E-state index contributed by atoms with van der Waals surface area (Å²) in [5.41, 5.74) is 1.63. The van der Waals surface area contributed by atoms with Crippen LogP contribution in [0, 0.1) is 6.92 Å². The van der Waals surface area contributed by atoms with Crippen LogP contribution in [0.4, 0.5) is 11.5 Å². The van der Waals surface area contributed by atoms with E-state index in [4.69, 9.17) is 16.3 Å². The van der Waals surface area contributed by atoms with E-state index >= 15 is 0 Å². The number of carbonyl (C=O) groups excluding carboxylic acids is 1. The van der Waals surface area contributed by atoms with Crippen molar-refractivity contribution >= 4 is 29.0 Å². The Labute approximate surface area is 139 Å². The molecule has 0 unspecified atom stereocenters. The molecule has 1 amide bonds. The van der Waals surface area contributed by atoms with E-state index < -0.39 is 0 Å². The summed E-state index contributed by atoms with van der Waals surface area (Å²) in [6.07, 6.45) is 2.30. The molecule has 1 fully saturated rings. The molecule has 2 aromatic rings. The first-order valence-corrected chi connectivity index (χ1v) is 7.70. The number of hydrogen-bond acceptors (Lipinski definition) is 5. The third-order valence-corrected chi connectivity index (χ3v) is 3.96. The highest BCUT2D eigenvalue weighted by Crippen LogP contribution is 2.31. The predicted octanol–water partition coefficient (Wildman–Crippen LogP) is 3.27. The van der Waals surface area contributed by atoms with Gasteiger partial charge in [0.1, 0.15) is 11.6 Å². The fourth-order valence-corrected chi connectivity index (χ4v) is 2.24. The molecule has 0 bridgehead atoms. The molecule has 1 aromatic heterocycles. The second-order valence-electron chi connectivity index (χ2n) is 5.48. The number of hydrogen-bond donors (Lipinski definition) is 2. The van der Waals surface area contributed by atoms with Gasteiger partial charge in [-0.15, -0.1) is 10.2 Å². The predicted molar refractivity (Wildman–Crippen MR) is 89.4 cm³/mol. The van der Waals surface area contributed by atoms with Gasteiger partial charge in [0.05, 0.1) is 12.8 Å². The monoisotopic (exact) mass is 332 g/mol. The molecular formula is C16H17ClN4O2. The van der Waals surface area contributed by atoms with E-state index in [9.17, 15) is 4.79 Å². The highest BCUT2D eigenvalue weighted by molar-refractivity contribution is 6.31. The summed E-state index contributed by atoms with van der Waals surface area (Å²) in [7, 11) is 1.52. The van der Waals surface area contributed by atoms with Crippen LogP contribution in [-0.2, 0) is 0 Å². The van der Waals surface area contributed by atoms with Crippen LogP contribution < -0.4 is 15.4 Å². The molecule has 1 saturated carbocycles. The molecule has 1 aromatic carbocycles. The number of benzene rings is 1. The van der Waals surface area contributed by atoms with Gasteiger partial charge in [0.15, 0.2) is 5.69 Å². The number of aromatic nitrogens is 2. The number of anilines is 2. The average Bonchev–Trinajstić information content (AvgIpc) is 3.35. The van der Waals surface area contributed by atoms with E-state index in [-0.39, 0.29) is 11.6 Å². The lowest BCUT2D eigenvalue weighted by atomic mass is 10.2. The van der Waals surface area contributed by atoms with Crippen LogP contribution in [0.2, 0.25) is 5.02 Å². The summed E-state index contributed by atoms with van der Waals surface area (Å²) in [5.74, 6) is 0.827. The first-order chi connectivity index (χ1) is 11.1. The Bertz CT molecular complexity index is 730. The summed E-state index contributed by atoms with van der Waals surface area (Å²) in [6, 6.07) is 7.31. The number of methoxy groups -OCH3 is 1. The Morgan fingerprint density at radius 3 is 2.70 bits per heavy atom. The maximum atomic E-state index is 12.3. The Morgan fingerprint density at radius 2 is 2.09 bits per heavy atom. The van der Waals surface area contributed by atoms with Crippen molar-refractivity contribution in [2.75, 3.05) is 17.7 Å². The SMILES string of the molecule is COc1cc(Cl)c(C)cc1NC(=O)c1ccc(NC2CC2)nn1. The van der Waals surface area contributed by atoms with Crippen LogP contribution in [0.1, 0.15) is 28.9 Å². The van der Waals surface area contributed by atoms with Gasteiger partial charge in [-0.25, -0.2) is 0 Å². The summed E-state index contributed by atoms with van der Waals surface area (Å²) >= 11 is 6.06. The molecule has 1 heterocycles. The summed E-state index contributed by atoms with van der Waals surface area (Å²) in [4.78, 5) is 12.3. The van der Waals surface area contributed by atoms with Crippen molar-refractivity contribution in [2.24, 2.45) is 0 Å². The van der Waals surface area contributed by atoms with Crippen LogP contribution in [-0.4, -0.2) is 29.3 Å². The van der Waals surface area contributed by atoms with Crippen LogP contribution >= 0.6 is 11.6 Å². The standard InChI is InChI=1S/C16H17ClN4O2/c1-9-7-13(14(23-2)8-11(9)17)19-16(22)12-5-6-15(21-20-12)18-10-3-4-10/h5-8,10H,3-4H2,1-2H3,(H,18,21)(H,19,22). The molecule has 3 rings (SSSR count). The van der Waals surface area contributed by atoms with Crippen LogP contribution in [0.5, 0.6) is 5.75 Å². The maximum absolute atomic E-state index is 12.3. The summed E-state index contributed by atoms with van der Waals surface area (Å²) < 4.78 is 5.24. The fourth-order valence-electron chi connectivity index (χ4n) is 2.08. The average molecular weight is 333 g/mol. The quantitative estimate of drug-likeness (QED) is 0.878. The molecule has 0 radical (unpaired) electrons. The van der Waals surface area contributed by atoms with Gasteiger partial charge in [0.2, 0.25) is 0 Å². The van der Waals surface area contributed by atoms with Gasteiger partial charge in [-0.2, -0.15) is 0 Å². The Hall–Kier alpha value is -2.34. The minimum atomic E-state index is -0.351. The Balaban J connectivity index is 1.74. The van der Waals surface area contributed by atoms with Crippen molar-refractivity contribution in [3.63, 3.8) is 0 Å². The first kappa shape index (κ1) is 15.6. The largest absolute Gasteiger partial charge is 0.495 e. The minimum Gasteiger partial charge on any atom is -0.495 e. The van der Waals surface area contributed by atoms with Gasteiger partial charge in [0.25, 0.3) is 5.91 Å². The zero-order valence-corrected chi connectivity index (χ0v) is 13.6. The number of ether oxygens (including phenoxy) is 1. The van der Waals surface area contributed by atoms with Gasteiger partial charge < -0.3 is 15.4 Å². The van der Waals surface area contributed by atoms with Gasteiger partial charge in [-0.3, -0.25) is 4.79 Å². The summed E-state index contributed by atoms with van der Waals surface area (Å²) in [5, 5.41) is 14.6. The fraction of sp³-hybridized carbons (Fsp3) is 0.312. The van der Waals surface area contributed by atoms with Crippen LogP contribution in [0.15, 0.2) is 24.3 Å². The van der Waals surface area contributed by atoms with Crippen molar-refractivity contribution in [2.45, 2.75) is 25.8 Å². The zero-order valence-electron chi connectivity index (χ0n) is 12.9. The lowest BCUT2D eigenvalue weighted by Crippen LogP contribution is -2.16. The van der Waals surface area contributed by atoms with E-state index in [2.05, 4.69) is 20.8 Å². The van der Waals surface area contributed by atoms with Crippen LogP contribution in [0.25, 0.3) is 0 Å². The number of aryl methyl sites for hydroxylation is 1. The zero-order chi connectivity index (χ0) is 16.4. The number of carbonyl (C=O) groups is 1. The van der Waals surface area contributed by atoms with Gasteiger partial charge in [0, 0.05) is 17.1 Å². The molecule has 7 heteroatoms. The van der Waals surface area contributed by atoms with Crippen molar-refractivity contribution in [1.29, 1.82) is 0 Å². The number of amides is 1. The first-order valence-electron chi connectivity index (χ1n) is 7.32. The lowest BCUT2D eigenvalue weighted by Gasteiger charge is -2.12. The third-order valence-electron chi connectivity index (χ3n) is 3.56. The van der Waals surface area contributed by atoms with Gasteiger partial charge in [-0.1, -0.05) is 11.6 Å². The molecule has 0 saturated heterocycles. The molecule has 0 atom stereocenters. The minimum absolute atomic E-state index is 0.237. The Morgan fingerprint density at radius 1 is 1.30 bits per heavy atom. The molecule has 6 nitrogen and oxygen atoms in total. The lowest BCUT2D eigenvalue weighted by molar-refractivity contribution is 0.102. The number of rotatable bonds is 5. The highest BCUT2D eigenvalue weighted by Gasteiger charge is 2.21. The molecule has 23 heavy (non-hydrogen) atoms. The van der Waals surface area contributed by atoms with E-state index in [0.717, 1.165) is 18.4 Å². The summed E-state index contributed by atoms with van der Waals surface area (Å²) in [6.45, 7) is 1.86. The maximum Gasteiger partial charge on any atom is 0.276 e. The number of nitrogens with zero attached hydrogens (tertiary/aromatic N) is 2. The van der Waals surface area contributed by atoms with E-state index in [1.807, 2.05) is 6.92 Å². The second-order valence-corrected chi connectivity index (χ2v) is 5.89. The smallest absolute Gasteiger partial charge is 0.276 e. The van der Waals surface area contributed by atoms with Gasteiger partial charge in [-0.05, 0) is 43.5 Å². The molecule has 120 valence electrons. The van der Waals surface area contributed by atoms with E-state index in [1.165, 1.54) is 7.11 Å². The van der Waals surface area contributed by atoms with Gasteiger partial charge >= 0.3 is 0 Å². The molecule has 1 aliphatic carbocycles. The molecule has 0 aliphatic heterocycles. The van der Waals surface area contributed by atoms with Crippen molar-refractivity contribution in [1.82, 2.24) is 10.2 Å². The van der Waals surface area contributed by atoms with Crippen molar-refractivity contribution in [3.05, 3.63) is 40.5 Å². The van der Waals surface area contributed by atoms with Crippen molar-refractivity contribution < 1.29 is 9.53 Å². The molecule has 2 N–H and O–H groups in total. The molecular weight excluding hydrogens is 316 g/mol. The number of nitrogens with one attached hydrogen (secondary N) is 2. The topological polar surface area (TPSA) is 76.1 Å². The van der Waals surface area contributed by atoms with E-state index in [1.54, 1.807) is 24.3 Å².